The van der Waals surface area contributed by atoms with Crippen LogP contribution in [0.1, 0.15) is 16.7 Å². The molecule has 1 aromatic carbocycles. The highest BCUT2D eigenvalue weighted by Crippen LogP contribution is 2.27. The standard InChI is InChI=1S/C16H19N3O2S/c1-12-5-4-9-17-16(12)22(20,21)18-15-7-3-6-13-8-10-19(2)11-14(13)15/h3-7,9,18H,8,10-11H2,1-2H3. The summed E-state index contributed by atoms with van der Waals surface area (Å²) in [4.78, 5) is 6.20. The van der Waals surface area contributed by atoms with Crippen molar-refractivity contribution in [2.24, 2.45) is 0 Å². The van der Waals surface area contributed by atoms with Gasteiger partial charge in [-0.1, -0.05) is 18.2 Å². The summed E-state index contributed by atoms with van der Waals surface area (Å²) in [5.74, 6) is 0. The summed E-state index contributed by atoms with van der Waals surface area (Å²) < 4.78 is 27.9. The number of nitrogens with zero attached hydrogens (tertiary/aromatic N) is 2. The van der Waals surface area contributed by atoms with Crippen LogP contribution >= 0.6 is 0 Å². The second-order valence-electron chi connectivity index (χ2n) is 5.66. The van der Waals surface area contributed by atoms with E-state index >= 15 is 0 Å². The normalized spacial score (nSPS) is 15.4. The van der Waals surface area contributed by atoms with E-state index in [0.29, 0.717) is 11.3 Å². The highest BCUT2D eigenvalue weighted by atomic mass is 32.2. The van der Waals surface area contributed by atoms with Crippen molar-refractivity contribution in [2.75, 3.05) is 18.3 Å². The van der Waals surface area contributed by atoms with Gasteiger partial charge in [0.05, 0.1) is 5.69 Å². The molecule has 0 atom stereocenters. The van der Waals surface area contributed by atoms with E-state index < -0.39 is 10.0 Å². The number of likely N-dealkylation sites (N-methyl/N-ethyl adjacent to an activating group) is 1. The predicted molar refractivity (Wildman–Crippen MR) is 86.3 cm³/mol. The summed E-state index contributed by atoms with van der Waals surface area (Å²) in [6.45, 7) is 3.48. The van der Waals surface area contributed by atoms with Gasteiger partial charge in [0.2, 0.25) is 0 Å². The van der Waals surface area contributed by atoms with Gasteiger partial charge in [-0.15, -0.1) is 0 Å². The minimum atomic E-state index is -3.67. The van der Waals surface area contributed by atoms with Crippen LogP contribution < -0.4 is 4.72 Å². The van der Waals surface area contributed by atoms with Crippen molar-refractivity contribution in [3.63, 3.8) is 0 Å². The molecular formula is C16H19N3O2S. The van der Waals surface area contributed by atoms with Crippen LogP contribution in [-0.4, -0.2) is 31.9 Å². The predicted octanol–water partition coefficient (Wildman–Crippen LogP) is 2.18. The minimum absolute atomic E-state index is 0.0803. The highest BCUT2D eigenvalue weighted by Gasteiger charge is 2.22. The third-order valence-corrected chi connectivity index (χ3v) is 5.35. The summed E-state index contributed by atoms with van der Waals surface area (Å²) in [6, 6.07) is 9.25. The molecule has 1 aliphatic rings. The Kier molecular flexibility index (Phi) is 3.88. The zero-order valence-electron chi connectivity index (χ0n) is 12.7. The molecule has 0 saturated carbocycles. The van der Waals surface area contributed by atoms with E-state index in [1.165, 1.54) is 11.8 Å². The summed E-state index contributed by atoms with van der Waals surface area (Å²) in [6.07, 6.45) is 2.43. The SMILES string of the molecule is Cc1cccnc1S(=O)(=O)Nc1cccc2c1CN(C)CC2. The van der Waals surface area contributed by atoms with Crippen LogP contribution in [0, 0.1) is 6.92 Å². The Hall–Kier alpha value is -1.92. The number of rotatable bonds is 3. The monoisotopic (exact) mass is 317 g/mol. The Balaban J connectivity index is 1.99. The molecule has 5 nitrogen and oxygen atoms in total. The first-order chi connectivity index (χ1) is 10.5. The van der Waals surface area contributed by atoms with Crippen LogP contribution in [0.4, 0.5) is 5.69 Å². The summed E-state index contributed by atoms with van der Waals surface area (Å²) in [5.41, 5.74) is 3.54. The van der Waals surface area contributed by atoms with E-state index in [9.17, 15) is 8.42 Å². The molecule has 22 heavy (non-hydrogen) atoms. The van der Waals surface area contributed by atoms with E-state index in [2.05, 4.69) is 20.7 Å². The lowest BCUT2D eigenvalue weighted by Crippen LogP contribution is -2.28. The lowest BCUT2D eigenvalue weighted by Gasteiger charge is -2.27. The Bertz CT molecular complexity index is 803. The molecule has 1 aromatic heterocycles. The average molecular weight is 317 g/mol. The van der Waals surface area contributed by atoms with Gasteiger partial charge in [0.25, 0.3) is 10.0 Å². The maximum atomic E-state index is 12.6. The molecule has 0 fully saturated rings. The van der Waals surface area contributed by atoms with Gasteiger partial charge in [0.1, 0.15) is 0 Å². The first-order valence-electron chi connectivity index (χ1n) is 7.21. The molecule has 2 heterocycles. The first kappa shape index (κ1) is 15.0. The summed E-state index contributed by atoms with van der Waals surface area (Å²) in [7, 11) is -1.64. The molecule has 2 aromatic rings. The second-order valence-corrected chi connectivity index (χ2v) is 7.26. The van der Waals surface area contributed by atoms with Gasteiger partial charge in [-0.2, -0.15) is 8.42 Å². The van der Waals surface area contributed by atoms with Gasteiger partial charge < -0.3 is 4.90 Å². The number of pyridine rings is 1. The van der Waals surface area contributed by atoms with Crippen LogP contribution in [0.2, 0.25) is 0 Å². The van der Waals surface area contributed by atoms with Crippen LogP contribution in [0.25, 0.3) is 0 Å². The zero-order chi connectivity index (χ0) is 15.7. The summed E-state index contributed by atoms with van der Waals surface area (Å²) in [5, 5.41) is 0.0803. The number of benzene rings is 1. The maximum absolute atomic E-state index is 12.6. The molecule has 3 rings (SSSR count). The minimum Gasteiger partial charge on any atom is -0.302 e. The fourth-order valence-electron chi connectivity index (χ4n) is 2.76. The van der Waals surface area contributed by atoms with E-state index in [-0.39, 0.29) is 5.03 Å². The van der Waals surface area contributed by atoms with Gasteiger partial charge in [0, 0.05) is 19.3 Å². The third-order valence-electron chi connectivity index (χ3n) is 3.92. The summed E-state index contributed by atoms with van der Waals surface area (Å²) >= 11 is 0. The van der Waals surface area contributed by atoms with Crippen molar-refractivity contribution in [3.05, 3.63) is 53.2 Å². The Labute approximate surface area is 131 Å². The Morgan fingerprint density at radius 1 is 1.23 bits per heavy atom. The molecule has 0 bridgehead atoms. The third kappa shape index (κ3) is 2.84. The zero-order valence-corrected chi connectivity index (χ0v) is 13.5. The molecule has 0 saturated heterocycles. The van der Waals surface area contributed by atoms with Crippen LogP contribution in [0.15, 0.2) is 41.6 Å². The van der Waals surface area contributed by atoms with Gasteiger partial charge >= 0.3 is 0 Å². The average Bonchev–Trinajstić information content (AvgIpc) is 2.48. The fraction of sp³-hybridized carbons (Fsp3) is 0.312. The second kappa shape index (κ2) is 5.70. The molecule has 0 radical (unpaired) electrons. The number of aromatic nitrogens is 1. The maximum Gasteiger partial charge on any atom is 0.279 e. The number of aryl methyl sites for hydroxylation is 1. The lowest BCUT2D eigenvalue weighted by molar-refractivity contribution is 0.313. The van der Waals surface area contributed by atoms with Crippen molar-refractivity contribution in [1.82, 2.24) is 9.88 Å². The molecular weight excluding hydrogens is 298 g/mol. The van der Waals surface area contributed by atoms with Crippen molar-refractivity contribution in [1.29, 1.82) is 0 Å². The quantitative estimate of drug-likeness (QED) is 0.942. The molecule has 0 amide bonds. The molecule has 0 spiro atoms. The van der Waals surface area contributed by atoms with Crippen molar-refractivity contribution >= 4 is 15.7 Å². The number of fused-ring (bicyclic) bond motifs is 1. The molecule has 116 valence electrons. The Morgan fingerprint density at radius 2 is 2.05 bits per heavy atom. The number of hydrogen-bond acceptors (Lipinski definition) is 4. The molecule has 1 N–H and O–H groups in total. The number of sulfonamides is 1. The fourth-order valence-corrected chi connectivity index (χ4v) is 4.03. The Morgan fingerprint density at radius 3 is 2.82 bits per heavy atom. The first-order valence-corrected chi connectivity index (χ1v) is 8.69. The molecule has 0 aliphatic carbocycles. The van der Waals surface area contributed by atoms with Gasteiger partial charge in [-0.25, -0.2) is 4.98 Å². The van der Waals surface area contributed by atoms with Crippen molar-refractivity contribution in [3.8, 4) is 0 Å². The lowest BCUT2D eigenvalue weighted by atomic mass is 9.99. The van der Waals surface area contributed by atoms with E-state index in [0.717, 1.165) is 25.1 Å². The van der Waals surface area contributed by atoms with E-state index in [4.69, 9.17) is 0 Å². The van der Waals surface area contributed by atoms with Gasteiger partial charge in [-0.05, 0) is 49.2 Å². The number of anilines is 1. The number of hydrogen-bond donors (Lipinski definition) is 1. The highest BCUT2D eigenvalue weighted by molar-refractivity contribution is 7.92. The van der Waals surface area contributed by atoms with Crippen molar-refractivity contribution < 1.29 is 8.42 Å². The van der Waals surface area contributed by atoms with Crippen LogP contribution in [0.5, 0.6) is 0 Å². The topological polar surface area (TPSA) is 62.3 Å². The van der Waals surface area contributed by atoms with Crippen molar-refractivity contribution in [2.45, 2.75) is 24.9 Å². The van der Waals surface area contributed by atoms with E-state index in [1.54, 1.807) is 19.1 Å². The van der Waals surface area contributed by atoms with E-state index in [1.807, 2.05) is 19.2 Å². The molecule has 1 aliphatic heterocycles. The van der Waals surface area contributed by atoms with Gasteiger partial charge in [-0.3, -0.25) is 4.72 Å². The number of nitrogens with one attached hydrogen (secondary N) is 1. The van der Waals surface area contributed by atoms with Crippen LogP contribution in [0.3, 0.4) is 0 Å². The molecule has 6 heteroatoms. The molecule has 0 unspecified atom stereocenters. The van der Waals surface area contributed by atoms with Gasteiger partial charge in [0.15, 0.2) is 5.03 Å². The smallest absolute Gasteiger partial charge is 0.279 e. The largest absolute Gasteiger partial charge is 0.302 e. The van der Waals surface area contributed by atoms with Crippen LogP contribution in [-0.2, 0) is 23.0 Å².